The van der Waals surface area contributed by atoms with Gasteiger partial charge in [0.05, 0.1) is 17.8 Å². The number of ether oxygens (including phenoxy) is 2. The highest BCUT2D eigenvalue weighted by atomic mass is 35.5. The van der Waals surface area contributed by atoms with Gasteiger partial charge in [-0.2, -0.15) is 0 Å². The van der Waals surface area contributed by atoms with Crippen LogP contribution in [-0.2, 0) is 4.79 Å². The Kier molecular flexibility index (Phi) is 5.38. The lowest BCUT2D eigenvalue weighted by Gasteiger charge is -2.05. The SMILES string of the molecule is COc1ccc(N=Cc2ccc(OCC(=O)O)c(Cl)c2)cc1. The van der Waals surface area contributed by atoms with Gasteiger partial charge >= 0.3 is 5.97 Å². The number of benzene rings is 2. The molecular weight excluding hydrogens is 306 g/mol. The lowest BCUT2D eigenvalue weighted by atomic mass is 10.2. The smallest absolute Gasteiger partial charge is 0.341 e. The molecule has 5 nitrogen and oxygen atoms in total. The second kappa shape index (κ2) is 7.47. The number of methoxy groups -OCH3 is 1. The van der Waals surface area contributed by atoms with Gasteiger partial charge in [-0.15, -0.1) is 0 Å². The number of carboxylic acid groups (broad SMARTS) is 1. The molecule has 2 aromatic rings. The van der Waals surface area contributed by atoms with Crippen LogP contribution in [-0.4, -0.2) is 31.0 Å². The van der Waals surface area contributed by atoms with Crippen molar-refractivity contribution in [1.82, 2.24) is 0 Å². The minimum absolute atomic E-state index is 0.325. The molecule has 0 aliphatic carbocycles. The van der Waals surface area contributed by atoms with Crippen LogP contribution in [0.1, 0.15) is 5.56 Å². The van der Waals surface area contributed by atoms with Crippen molar-refractivity contribution in [3.05, 3.63) is 53.1 Å². The summed E-state index contributed by atoms with van der Waals surface area (Å²) >= 11 is 6.04. The summed E-state index contributed by atoms with van der Waals surface area (Å²) in [5.41, 5.74) is 1.56. The lowest BCUT2D eigenvalue weighted by molar-refractivity contribution is -0.139. The minimum atomic E-state index is -1.05. The third-order valence-corrected chi connectivity index (χ3v) is 3.04. The van der Waals surface area contributed by atoms with Gasteiger partial charge in [0, 0.05) is 6.21 Å². The van der Waals surface area contributed by atoms with E-state index < -0.39 is 12.6 Å². The van der Waals surface area contributed by atoms with Gasteiger partial charge in [-0.25, -0.2) is 4.79 Å². The van der Waals surface area contributed by atoms with E-state index in [0.29, 0.717) is 10.8 Å². The number of rotatable bonds is 6. The van der Waals surface area contributed by atoms with Crippen molar-refractivity contribution >= 4 is 29.5 Å². The van der Waals surface area contributed by atoms with E-state index in [-0.39, 0.29) is 0 Å². The van der Waals surface area contributed by atoms with E-state index >= 15 is 0 Å². The number of nitrogens with zero attached hydrogens (tertiary/aromatic N) is 1. The summed E-state index contributed by atoms with van der Waals surface area (Å²) in [6.07, 6.45) is 1.66. The van der Waals surface area contributed by atoms with Gasteiger partial charge in [0.15, 0.2) is 6.61 Å². The molecular formula is C16H14ClNO4. The number of aliphatic imine (C=N–C) groups is 1. The van der Waals surface area contributed by atoms with Crippen molar-refractivity contribution in [1.29, 1.82) is 0 Å². The van der Waals surface area contributed by atoms with Crippen LogP contribution >= 0.6 is 11.6 Å². The number of carbonyl (C=O) groups is 1. The van der Waals surface area contributed by atoms with Crippen LogP contribution in [0.15, 0.2) is 47.5 Å². The largest absolute Gasteiger partial charge is 0.497 e. The molecule has 0 bridgehead atoms. The molecule has 6 heteroatoms. The third-order valence-electron chi connectivity index (χ3n) is 2.74. The lowest BCUT2D eigenvalue weighted by Crippen LogP contribution is -2.09. The van der Waals surface area contributed by atoms with E-state index in [0.717, 1.165) is 17.0 Å². The molecule has 0 heterocycles. The van der Waals surface area contributed by atoms with Crippen molar-refractivity contribution in [3.8, 4) is 11.5 Å². The second-order valence-electron chi connectivity index (χ2n) is 4.33. The number of hydrogen-bond acceptors (Lipinski definition) is 4. The zero-order chi connectivity index (χ0) is 15.9. The summed E-state index contributed by atoms with van der Waals surface area (Å²) in [5, 5.41) is 8.90. The van der Waals surface area contributed by atoms with Crippen molar-refractivity contribution in [3.63, 3.8) is 0 Å². The highest BCUT2D eigenvalue weighted by Crippen LogP contribution is 2.25. The molecule has 0 aromatic heterocycles. The summed E-state index contributed by atoms with van der Waals surface area (Å²) in [6, 6.07) is 12.3. The van der Waals surface area contributed by atoms with Crippen molar-refractivity contribution < 1.29 is 19.4 Å². The fourth-order valence-corrected chi connectivity index (χ4v) is 1.91. The first kappa shape index (κ1) is 15.9. The van der Waals surface area contributed by atoms with Crippen LogP contribution in [0.4, 0.5) is 5.69 Å². The fourth-order valence-electron chi connectivity index (χ4n) is 1.67. The molecule has 114 valence electrons. The molecule has 0 aliphatic heterocycles. The first-order chi connectivity index (χ1) is 10.6. The monoisotopic (exact) mass is 319 g/mol. The van der Waals surface area contributed by atoms with E-state index in [1.807, 2.05) is 24.3 Å². The standard InChI is InChI=1S/C16H14ClNO4/c1-21-13-5-3-12(4-6-13)18-9-11-2-7-15(14(17)8-11)22-10-16(19)20/h2-9H,10H2,1H3,(H,19,20). The average Bonchev–Trinajstić information content (AvgIpc) is 2.52. The highest BCUT2D eigenvalue weighted by molar-refractivity contribution is 6.32. The molecule has 0 radical (unpaired) electrons. The molecule has 0 spiro atoms. The summed E-state index contributed by atoms with van der Waals surface area (Å²) in [7, 11) is 1.61. The Hall–Kier alpha value is -2.53. The third kappa shape index (κ3) is 4.49. The average molecular weight is 320 g/mol. The molecule has 1 N–H and O–H groups in total. The van der Waals surface area contributed by atoms with Gasteiger partial charge in [0.2, 0.25) is 0 Å². The summed E-state index contributed by atoms with van der Waals surface area (Å²) < 4.78 is 10.1. The van der Waals surface area contributed by atoms with Gasteiger partial charge in [-0.1, -0.05) is 11.6 Å². The van der Waals surface area contributed by atoms with Crippen LogP contribution in [0.25, 0.3) is 0 Å². The predicted molar refractivity (Wildman–Crippen MR) is 84.8 cm³/mol. The predicted octanol–water partition coefficient (Wildman–Crippen LogP) is 3.56. The molecule has 0 saturated carbocycles. The maximum Gasteiger partial charge on any atom is 0.341 e. The molecule has 0 atom stereocenters. The molecule has 0 unspecified atom stereocenters. The molecule has 22 heavy (non-hydrogen) atoms. The first-order valence-electron chi connectivity index (χ1n) is 6.41. The Morgan fingerprint density at radius 3 is 2.59 bits per heavy atom. The Balaban J connectivity index is 2.07. The van der Waals surface area contributed by atoms with Gasteiger partial charge in [0.1, 0.15) is 11.5 Å². The summed E-state index contributed by atoms with van der Waals surface area (Å²) in [4.78, 5) is 14.8. The Morgan fingerprint density at radius 1 is 1.27 bits per heavy atom. The Morgan fingerprint density at radius 2 is 2.00 bits per heavy atom. The minimum Gasteiger partial charge on any atom is -0.497 e. The van der Waals surface area contributed by atoms with Gasteiger partial charge in [0.25, 0.3) is 0 Å². The highest BCUT2D eigenvalue weighted by Gasteiger charge is 2.04. The molecule has 0 aliphatic rings. The zero-order valence-electron chi connectivity index (χ0n) is 11.8. The van der Waals surface area contributed by atoms with Crippen molar-refractivity contribution in [2.24, 2.45) is 4.99 Å². The van der Waals surface area contributed by atoms with E-state index in [9.17, 15) is 4.79 Å². The first-order valence-corrected chi connectivity index (χ1v) is 6.78. The summed E-state index contributed by atoms with van der Waals surface area (Å²) in [5.74, 6) is 0.0359. The van der Waals surface area contributed by atoms with Gasteiger partial charge < -0.3 is 14.6 Å². The molecule has 0 fully saturated rings. The van der Waals surface area contributed by atoms with E-state index in [1.54, 1.807) is 31.5 Å². The molecule has 2 rings (SSSR count). The molecule has 2 aromatic carbocycles. The molecule has 0 saturated heterocycles. The van der Waals surface area contributed by atoms with Crippen LogP contribution in [0, 0.1) is 0 Å². The van der Waals surface area contributed by atoms with Crippen LogP contribution in [0.2, 0.25) is 5.02 Å². The van der Waals surface area contributed by atoms with Gasteiger partial charge in [-0.05, 0) is 48.0 Å². The van der Waals surface area contributed by atoms with Crippen LogP contribution in [0.3, 0.4) is 0 Å². The van der Waals surface area contributed by atoms with E-state index in [2.05, 4.69) is 4.99 Å². The number of halogens is 1. The maximum absolute atomic E-state index is 10.5. The van der Waals surface area contributed by atoms with E-state index in [4.69, 9.17) is 26.2 Å². The van der Waals surface area contributed by atoms with Crippen molar-refractivity contribution in [2.75, 3.05) is 13.7 Å². The van der Waals surface area contributed by atoms with Gasteiger partial charge in [-0.3, -0.25) is 4.99 Å². The van der Waals surface area contributed by atoms with Crippen LogP contribution in [0.5, 0.6) is 11.5 Å². The number of hydrogen-bond donors (Lipinski definition) is 1. The zero-order valence-corrected chi connectivity index (χ0v) is 12.6. The van der Waals surface area contributed by atoms with Crippen LogP contribution < -0.4 is 9.47 Å². The maximum atomic E-state index is 10.5. The second-order valence-corrected chi connectivity index (χ2v) is 4.74. The Labute approximate surface area is 132 Å². The normalized spacial score (nSPS) is 10.6. The van der Waals surface area contributed by atoms with Crippen molar-refractivity contribution in [2.45, 2.75) is 0 Å². The number of carboxylic acids is 1. The Bertz CT molecular complexity index is 683. The van der Waals surface area contributed by atoms with E-state index in [1.165, 1.54) is 0 Å². The molecule has 0 amide bonds. The quantitative estimate of drug-likeness (QED) is 0.827. The summed E-state index contributed by atoms with van der Waals surface area (Å²) in [6.45, 7) is -0.432. The fraction of sp³-hybridized carbons (Fsp3) is 0.125. The topological polar surface area (TPSA) is 68.1 Å². The number of aliphatic carboxylic acids is 1.